The molecule has 0 aliphatic carbocycles. The third-order valence-electron chi connectivity index (χ3n) is 3.44. The van der Waals surface area contributed by atoms with E-state index in [9.17, 15) is 9.59 Å². The van der Waals surface area contributed by atoms with Gasteiger partial charge in [0.25, 0.3) is 5.56 Å². The highest BCUT2D eigenvalue weighted by atomic mass is 16.2. The first-order chi connectivity index (χ1) is 10.6. The number of aryl methyl sites for hydroxylation is 2. The van der Waals surface area contributed by atoms with Gasteiger partial charge in [-0.05, 0) is 26.0 Å². The maximum Gasteiger partial charge on any atom is 0.261 e. The maximum atomic E-state index is 12.3. The second-order valence-corrected chi connectivity index (χ2v) is 5.05. The lowest BCUT2D eigenvalue weighted by molar-refractivity contribution is -0.116. The molecule has 0 spiro atoms. The van der Waals surface area contributed by atoms with Crippen molar-refractivity contribution >= 4 is 22.5 Å². The molecule has 22 heavy (non-hydrogen) atoms. The third kappa shape index (κ3) is 2.48. The van der Waals surface area contributed by atoms with E-state index in [2.05, 4.69) is 20.5 Å². The van der Waals surface area contributed by atoms with Crippen molar-refractivity contribution in [2.24, 2.45) is 0 Å². The highest BCUT2D eigenvalue weighted by molar-refractivity contribution is 5.91. The summed E-state index contributed by atoms with van der Waals surface area (Å²) in [5, 5.41) is 10.1. The van der Waals surface area contributed by atoms with E-state index in [1.807, 2.05) is 13.0 Å². The van der Waals surface area contributed by atoms with Crippen molar-refractivity contribution in [3.63, 3.8) is 0 Å². The Kier molecular flexibility index (Phi) is 3.46. The molecule has 0 radical (unpaired) electrons. The van der Waals surface area contributed by atoms with Crippen molar-refractivity contribution < 1.29 is 4.79 Å². The predicted molar refractivity (Wildman–Crippen MR) is 82.7 cm³/mol. The lowest BCUT2D eigenvalue weighted by Gasteiger charge is -2.08. The van der Waals surface area contributed by atoms with Crippen LogP contribution in [-0.2, 0) is 11.3 Å². The number of aromatic nitrogens is 4. The Morgan fingerprint density at radius 1 is 1.32 bits per heavy atom. The first-order valence-electron chi connectivity index (χ1n) is 6.82. The van der Waals surface area contributed by atoms with Gasteiger partial charge in [-0.15, -0.1) is 0 Å². The molecule has 0 aliphatic rings. The van der Waals surface area contributed by atoms with E-state index in [1.54, 1.807) is 25.1 Å². The van der Waals surface area contributed by atoms with Gasteiger partial charge in [0.1, 0.15) is 6.54 Å². The van der Waals surface area contributed by atoms with Crippen LogP contribution in [0.4, 0.5) is 5.69 Å². The smallest absolute Gasteiger partial charge is 0.261 e. The van der Waals surface area contributed by atoms with Crippen LogP contribution >= 0.6 is 0 Å². The minimum atomic E-state index is -0.299. The number of para-hydroxylation sites is 1. The Morgan fingerprint density at radius 3 is 2.82 bits per heavy atom. The van der Waals surface area contributed by atoms with Crippen molar-refractivity contribution in [3.8, 4) is 0 Å². The highest BCUT2D eigenvalue weighted by Crippen LogP contribution is 2.15. The molecule has 0 saturated carbocycles. The van der Waals surface area contributed by atoms with Crippen LogP contribution in [-0.4, -0.2) is 25.7 Å². The number of rotatable bonds is 3. The Bertz CT molecular complexity index is 890. The van der Waals surface area contributed by atoms with Crippen LogP contribution in [0.2, 0.25) is 0 Å². The van der Waals surface area contributed by atoms with Gasteiger partial charge >= 0.3 is 0 Å². The zero-order valence-electron chi connectivity index (χ0n) is 12.3. The number of amides is 1. The largest absolute Gasteiger partial charge is 0.321 e. The highest BCUT2D eigenvalue weighted by Gasteiger charge is 2.12. The number of H-pyrrole nitrogens is 1. The van der Waals surface area contributed by atoms with Crippen LogP contribution in [0.5, 0.6) is 0 Å². The lowest BCUT2D eigenvalue weighted by Crippen LogP contribution is -2.28. The molecule has 3 rings (SSSR count). The average Bonchev–Trinajstić information content (AvgIpc) is 2.82. The molecule has 0 atom stereocenters. The number of carbonyl (C=O) groups excluding carboxylic acids is 1. The Balaban J connectivity index is 1.86. The molecule has 0 bridgehead atoms. The molecule has 7 nitrogen and oxygen atoms in total. The van der Waals surface area contributed by atoms with Gasteiger partial charge in [-0.1, -0.05) is 12.1 Å². The average molecular weight is 297 g/mol. The summed E-state index contributed by atoms with van der Waals surface area (Å²) < 4.78 is 1.29. The zero-order valence-corrected chi connectivity index (χ0v) is 12.3. The summed E-state index contributed by atoms with van der Waals surface area (Å²) in [6.45, 7) is 3.52. The maximum absolute atomic E-state index is 12.3. The molecular formula is C15H15N5O2. The number of fused-ring (bicyclic) bond motifs is 1. The van der Waals surface area contributed by atoms with E-state index in [4.69, 9.17) is 0 Å². The molecule has 2 N–H and O–H groups in total. The molecule has 0 aliphatic heterocycles. The number of nitrogens with zero attached hydrogens (tertiary/aromatic N) is 3. The SMILES string of the molecule is Cc1n[nH]c(C)c1NC(=O)Cn1cnc2ccccc2c1=O. The molecule has 1 aromatic carbocycles. The first-order valence-corrected chi connectivity index (χ1v) is 6.82. The van der Waals surface area contributed by atoms with E-state index >= 15 is 0 Å². The minimum absolute atomic E-state index is 0.0965. The van der Waals surface area contributed by atoms with E-state index in [0.29, 0.717) is 22.3 Å². The number of anilines is 1. The van der Waals surface area contributed by atoms with E-state index in [0.717, 1.165) is 5.69 Å². The monoisotopic (exact) mass is 297 g/mol. The number of hydrogen-bond acceptors (Lipinski definition) is 4. The van der Waals surface area contributed by atoms with E-state index < -0.39 is 0 Å². The summed E-state index contributed by atoms with van der Waals surface area (Å²) in [6, 6.07) is 7.05. The summed E-state index contributed by atoms with van der Waals surface area (Å²) in [5.74, 6) is -0.299. The molecule has 2 aromatic heterocycles. The van der Waals surface area contributed by atoms with E-state index in [1.165, 1.54) is 10.9 Å². The number of benzene rings is 1. The number of nitrogens with one attached hydrogen (secondary N) is 2. The zero-order chi connectivity index (χ0) is 15.7. The van der Waals surface area contributed by atoms with Crippen LogP contribution in [0.3, 0.4) is 0 Å². The fourth-order valence-electron chi connectivity index (χ4n) is 2.29. The topological polar surface area (TPSA) is 92.7 Å². The molecule has 0 unspecified atom stereocenters. The number of hydrogen-bond donors (Lipinski definition) is 2. The summed E-state index contributed by atoms with van der Waals surface area (Å²) in [5.41, 5.74) is 2.50. The molecule has 3 aromatic rings. The summed E-state index contributed by atoms with van der Waals surface area (Å²) >= 11 is 0. The third-order valence-corrected chi connectivity index (χ3v) is 3.44. The van der Waals surface area contributed by atoms with Crippen LogP contribution in [0.1, 0.15) is 11.4 Å². The van der Waals surface area contributed by atoms with Crippen LogP contribution in [0, 0.1) is 13.8 Å². The Hall–Kier alpha value is -2.96. The quantitative estimate of drug-likeness (QED) is 0.763. The molecule has 0 fully saturated rings. The van der Waals surface area contributed by atoms with Crippen molar-refractivity contribution in [1.82, 2.24) is 19.7 Å². The Labute approximate surface area is 126 Å². The van der Waals surface area contributed by atoms with Crippen molar-refractivity contribution in [1.29, 1.82) is 0 Å². The van der Waals surface area contributed by atoms with Gasteiger partial charge in [0.15, 0.2) is 0 Å². The van der Waals surface area contributed by atoms with Gasteiger partial charge in [0.2, 0.25) is 5.91 Å². The van der Waals surface area contributed by atoms with Crippen molar-refractivity contribution in [2.75, 3.05) is 5.32 Å². The van der Waals surface area contributed by atoms with Crippen molar-refractivity contribution in [3.05, 3.63) is 52.3 Å². The molecular weight excluding hydrogens is 282 g/mol. The van der Waals surface area contributed by atoms with Gasteiger partial charge in [-0.25, -0.2) is 4.98 Å². The standard InChI is InChI=1S/C15H15N5O2/c1-9-14(10(2)19-18-9)17-13(21)7-20-8-16-12-6-4-3-5-11(12)15(20)22/h3-6,8H,7H2,1-2H3,(H,17,21)(H,18,19). The number of carbonyl (C=O) groups is 1. The normalized spacial score (nSPS) is 10.8. The lowest BCUT2D eigenvalue weighted by atomic mass is 10.2. The fraction of sp³-hybridized carbons (Fsp3) is 0.200. The van der Waals surface area contributed by atoms with Gasteiger partial charge in [0.05, 0.1) is 34.3 Å². The first kappa shape index (κ1) is 14.0. The second kappa shape index (κ2) is 5.44. The van der Waals surface area contributed by atoms with Crippen LogP contribution < -0.4 is 10.9 Å². The fourth-order valence-corrected chi connectivity index (χ4v) is 2.29. The van der Waals surface area contributed by atoms with Crippen LogP contribution in [0.15, 0.2) is 35.4 Å². The van der Waals surface area contributed by atoms with Gasteiger partial charge in [-0.2, -0.15) is 5.10 Å². The predicted octanol–water partition coefficient (Wildman–Crippen LogP) is 1.38. The van der Waals surface area contributed by atoms with E-state index in [-0.39, 0.29) is 18.0 Å². The number of aromatic amines is 1. The summed E-state index contributed by atoms with van der Waals surface area (Å²) in [6.07, 6.45) is 1.39. The van der Waals surface area contributed by atoms with Gasteiger partial charge in [-0.3, -0.25) is 19.3 Å². The minimum Gasteiger partial charge on any atom is -0.321 e. The Morgan fingerprint density at radius 2 is 2.09 bits per heavy atom. The summed E-state index contributed by atoms with van der Waals surface area (Å²) in [7, 11) is 0. The molecule has 2 heterocycles. The second-order valence-electron chi connectivity index (χ2n) is 5.05. The molecule has 7 heteroatoms. The van der Waals surface area contributed by atoms with Crippen molar-refractivity contribution in [2.45, 2.75) is 20.4 Å². The van der Waals surface area contributed by atoms with Crippen LogP contribution in [0.25, 0.3) is 10.9 Å². The molecule has 1 amide bonds. The summed E-state index contributed by atoms with van der Waals surface area (Å²) in [4.78, 5) is 28.6. The van der Waals surface area contributed by atoms with Gasteiger partial charge < -0.3 is 5.32 Å². The van der Waals surface area contributed by atoms with Gasteiger partial charge in [0, 0.05) is 0 Å². The molecule has 0 saturated heterocycles. The molecule has 112 valence electrons.